The summed E-state index contributed by atoms with van der Waals surface area (Å²) in [5.74, 6) is -0.896. The number of hydrazine groups is 1. The minimum Gasteiger partial charge on any atom is -0.273 e. The Kier molecular flexibility index (Phi) is 6.95. The standard InChI is InChI=1S/C23H26N4O3/c1-3-4-9-14-27-23(30)19-13-8-7-12-18(19)21(26-27)22(29)25-24-20(28)15-17-11-6-5-10-16(17)2/h5-8,10-13H,3-4,9,14-15H2,1-2H3,(H,24,28)(H,25,29). The molecule has 0 bridgehead atoms. The fourth-order valence-electron chi connectivity index (χ4n) is 3.28. The van der Waals surface area contributed by atoms with Crippen molar-refractivity contribution in [1.82, 2.24) is 20.6 Å². The zero-order valence-corrected chi connectivity index (χ0v) is 17.3. The normalized spacial score (nSPS) is 10.7. The minimum absolute atomic E-state index is 0.109. The topological polar surface area (TPSA) is 93.1 Å². The molecule has 3 rings (SSSR count). The number of fused-ring (bicyclic) bond motifs is 1. The first-order valence-electron chi connectivity index (χ1n) is 10.1. The summed E-state index contributed by atoms with van der Waals surface area (Å²) in [4.78, 5) is 37.7. The molecular formula is C23H26N4O3. The number of nitrogens with one attached hydrogen (secondary N) is 2. The van der Waals surface area contributed by atoms with Crippen LogP contribution in [-0.2, 0) is 17.8 Å². The minimum atomic E-state index is -0.562. The zero-order valence-electron chi connectivity index (χ0n) is 17.3. The Morgan fingerprint density at radius 1 is 0.967 bits per heavy atom. The van der Waals surface area contributed by atoms with E-state index in [0.717, 1.165) is 30.4 Å². The van der Waals surface area contributed by atoms with E-state index < -0.39 is 5.91 Å². The van der Waals surface area contributed by atoms with E-state index in [1.165, 1.54) is 4.68 Å². The van der Waals surface area contributed by atoms with Crippen LogP contribution in [0.25, 0.3) is 10.8 Å². The highest BCUT2D eigenvalue weighted by atomic mass is 16.2. The van der Waals surface area contributed by atoms with E-state index in [1.807, 2.05) is 31.2 Å². The van der Waals surface area contributed by atoms with Gasteiger partial charge in [0, 0.05) is 11.9 Å². The highest BCUT2D eigenvalue weighted by Gasteiger charge is 2.17. The summed E-state index contributed by atoms with van der Waals surface area (Å²) >= 11 is 0. The summed E-state index contributed by atoms with van der Waals surface area (Å²) in [5.41, 5.74) is 6.65. The van der Waals surface area contributed by atoms with Crippen molar-refractivity contribution >= 4 is 22.6 Å². The van der Waals surface area contributed by atoms with Crippen molar-refractivity contribution in [2.75, 3.05) is 0 Å². The lowest BCUT2D eigenvalue weighted by Gasteiger charge is -2.12. The van der Waals surface area contributed by atoms with Crippen LogP contribution >= 0.6 is 0 Å². The molecule has 3 aromatic rings. The maximum atomic E-state index is 12.8. The van der Waals surface area contributed by atoms with Gasteiger partial charge in [0.25, 0.3) is 11.5 Å². The van der Waals surface area contributed by atoms with Gasteiger partial charge in [-0.15, -0.1) is 0 Å². The quantitative estimate of drug-likeness (QED) is 0.466. The molecule has 0 atom stereocenters. The van der Waals surface area contributed by atoms with Gasteiger partial charge in [0.1, 0.15) is 0 Å². The van der Waals surface area contributed by atoms with Gasteiger partial charge in [0.2, 0.25) is 5.91 Å². The third-order valence-corrected chi connectivity index (χ3v) is 4.98. The van der Waals surface area contributed by atoms with Crippen molar-refractivity contribution in [3.63, 3.8) is 0 Å². The molecule has 156 valence electrons. The van der Waals surface area contributed by atoms with Gasteiger partial charge in [-0.2, -0.15) is 5.10 Å². The number of hydrogen-bond acceptors (Lipinski definition) is 4. The highest BCUT2D eigenvalue weighted by Crippen LogP contribution is 2.13. The van der Waals surface area contributed by atoms with Crippen LogP contribution < -0.4 is 16.4 Å². The first kappa shape index (κ1) is 21.2. The smallest absolute Gasteiger partial charge is 0.273 e. The molecule has 1 heterocycles. The average Bonchev–Trinajstić information content (AvgIpc) is 2.75. The first-order valence-corrected chi connectivity index (χ1v) is 10.1. The van der Waals surface area contributed by atoms with Gasteiger partial charge in [-0.25, -0.2) is 4.68 Å². The summed E-state index contributed by atoms with van der Waals surface area (Å²) in [5, 5.41) is 5.18. The lowest BCUT2D eigenvalue weighted by molar-refractivity contribution is -0.121. The van der Waals surface area contributed by atoms with Crippen LogP contribution in [0.4, 0.5) is 0 Å². The van der Waals surface area contributed by atoms with Crippen molar-refractivity contribution < 1.29 is 9.59 Å². The molecule has 0 unspecified atom stereocenters. The molecule has 0 radical (unpaired) electrons. The third-order valence-electron chi connectivity index (χ3n) is 4.98. The first-order chi connectivity index (χ1) is 14.5. The van der Waals surface area contributed by atoms with Crippen LogP contribution in [0.15, 0.2) is 53.3 Å². The summed E-state index contributed by atoms with van der Waals surface area (Å²) in [6.45, 7) is 4.45. The molecule has 0 fully saturated rings. The molecule has 2 N–H and O–H groups in total. The largest absolute Gasteiger partial charge is 0.290 e. The molecule has 0 aliphatic heterocycles. The lowest BCUT2D eigenvalue weighted by atomic mass is 10.1. The Hall–Kier alpha value is -3.48. The van der Waals surface area contributed by atoms with Gasteiger partial charge in [0.05, 0.1) is 11.8 Å². The van der Waals surface area contributed by atoms with Gasteiger partial charge in [-0.1, -0.05) is 62.2 Å². The second kappa shape index (κ2) is 9.82. The van der Waals surface area contributed by atoms with Crippen molar-refractivity contribution in [1.29, 1.82) is 0 Å². The number of carbonyl (C=O) groups excluding carboxylic acids is 2. The van der Waals surface area contributed by atoms with E-state index in [2.05, 4.69) is 22.9 Å². The van der Waals surface area contributed by atoms with Gasteiger partial charge in [0.15, 0.2) is 5.69 Å². The van der Waals surface area contributed by atoms with Crippen LogP contribution in [-0.4, -0.2) is 21.6 Å². The van der Waals surface area contributed by atoms with Crippen molar-refractivity contribution in [2.45, 2.75) is 46.1 Å². The SMILES string of the molecule is CCCCCn1nc(C(=O)NNC(=O)Cc2ccccc2C)c2ccccc2c1=O. The van der Waals surface area contributed by atoms with Crippen LogP contribution in [0.1, 0.15) is 47.8 Å². The monoisotopic (exact) mass is 406 g/mol. The number of amides is 2. The van der Waals surface area contributed by atoms with E-state index in [0.29, 0.717) is 17.3 Å². The van der Waals surface area contributed by atoms with E-state index in [1.54, 1.807) is 24.3 Å². The molecule has 0 spiro atoms. The van der Waals surface area contributed by atoms with E-state index >= 15 is 0 Å². The Morgan fingerprint density at radius 2 is 1.67 bits per heavy atom. The summed E-state index contributed by atoms with van der Waals surface area (Å²) in [6, 6.07) is 14.4. The molecule has 0 aliphatic carbocycles. The number of benzene rings is 2. The van der Waals surface area contributed by atoms with Crippen LogP contribution in [0.5, 0.6) is 0 Å². The Bertz CT molecular complexity index is 1120. The summed E-state index contributed by atoms with van der Waals surface area (Å²) in [6.07, 6.45) is 2.94. The van der Waals surface area contributed by atoms with Gasteiger partial charge in [-0.3, -0.25) is 25.2 Å². The average molecular weight is 406 g/mol. The van der Waals surface area contributed by atoms with Crippen molar-refractivity contribution in [2.24, 2.45) is 0 Å². The zero-order chi connectivity index (χ0) is 21.5. The Labute approximate surface area is 175 Å². The molecule has 7 heteroatoms. The number of carbonyl (C=O) groups is 2. The van der Waals surface area contributed by atoms with Gasteiger partial charge >= 0.3 is 0 Å². The molecule has 2 aromatic carbocycles. The lowest BCUT2D eigenvalue weighted by Crippen LogP contribution is -2.43. The number of nitrogens with zero attached hydrogens (tertiary/aromatic N) is 2. The molecular weight excluding hydrogens is 380 g/mol. The summed E-state index contributed by atoms with van der Waals surface area (Å²) < 4.78 is 1.34. The number of aryl methyl sites for hydroxylation is 2. The van der Waals surface area contributed by atoms with E-state index in [-0.39, 0.29) is 23.6 Å². The number of unbranched alkanes of at least 4 members (excludes halogenated alkanes) is 2. The fraction of sp³-hybridized carbons (Fsp3) is 0.304. The van der Waals surface area contributed by atoms with Crippen LogP contribution in [0.2, 0.25) is 0 Å². The molecule has 30 heavy (non-hydrogen) atoms. The number of rotatable bonds is 7. The van der Waals surface area contributed by atoms with Crippen LogP contribution in [0, 0.1) is 6.92 Å². The Morgan fingerprint density at radius 3 is 2.40 bits per heavy atom. The van der Waals surface area contributed by atoms with Crippen molar-refractivity contribution in [3.05, 3.63) is 75.7 Å². The van der Waals surface area contributed by atoms with E-state index in [4.69, 9.17) is 0 Å². The van der Waals surface area contributed by atoms with Gasteiger partial charge < -0.3 is 0 Å². The molecule has 0 aliphatic rings. The second-order valence-electron chi connectivity index (χ2n) is 7.24. The highest BCUT2D eigenvalue weighted by molar-refractivity contribution is 6.05. The maximum Gasteiger partial charge on any atom is 0.290 e. The third kappa shape index (κ3) is 4.92. The maximum absolute atomic E-state index is 12.8. The predicted octanol–water partition coefficient (Wildman–Crippen LogP) is 2.90. The fourth-order valence-corrected chi connectivity index (χ4v) is 3.28. The summed E-state index contributed by atoms with van der Waals surface area (Å²) in [7, 11) is 0. The molecule has 0 saturated carbocycles. The number of hydrogen-bond donors (Lipinski definition) is 2. The molecule has 7 nitrogen and oxygen atoms in total. The van der Waals surface area contributed by atoms with E-state index in [9.17, 15) is 14.4 Å². The predicted molar refractivity (Wildman–Crippen MR) is 116 cm³/mol. The molecule has 0 saturated heterocycles. The van der Waals surface area contributed by atoms with Crippen LogP contribution in [0.3, 0.4) is 0 Å². The number of aromatic nitrogens is 2. The Balaban J connectivity index is 1.78. The van der Waals surface area contributed by atoms with Crippen molar-refractivity contribution in [3.8, 4) is 0 Å². The molecule has 1 aromatic heterocycles. The second-order valence-corrected chi connectivity index (χ2v) is 7.24. The van der Waals surface area contributed by atoms with Gasteiger partial charge in [-0.05, 0) is 30.5 Å². The molecule has 2 amide bonds.